The van der Waals surface area contributed by atoms with E-state index in [4.69, 9.17) is 14.6 Å². The van der Waals surface area contributed by atoms with E-state index >= 15 is 0 Å². The molecule has 0 aromatic heterocycles. The van der Waals surface area contributed by atoms with Gasteiger partial charge in [-0.15, -0.1) is 0 Å². The summed E-state index contributed by atoms with van der Waals surface area (Å²) in [6.45, 7) is 2.96. The summed E-state index contributed by atoms with van der Waals surface area (Å²) in [5.41, 5.74) is 2.00. The molecule has 0 spiro atoms. The maximum atomic E-state index is 10.7. The van der Waals surface area contributed by atoms with E-state index in [0.717, 1.165) is 11.1 Å². The molecular weight excluding hydrogens is 220 g/mol. The molecule has 0 saturated carbocycles. The number of rotatable bonds is 4. The van der Waals surface area contributed by atoms with Crippen molar-refractivity contribution < 1.29 is 19.4 Å². The monoisotopic (exact) mass is 236 g/mol. The van der Waals surface area contributed by atoms with E-state index < -0.39 is 5.97 Å². The van der Waals surface area contributed by atoms with Crippen LogP contribution in [0.2, 0.25) is 0 Å². The molecule has 1 atom stereocenters. The van der Waals surface area contributed by atoms with Gasteiger partial charge in [0.15, 0.2) is 6.29 Å². The van der Waals surface area contributed by atoms with Gasteiger partial charge in [0.05, 0.1) is 19.1 Å². The molecule has 2 rings (SSSR count). The highest BCUT2D eigenvalue weighted by Gasteiger charge is 2.18. The van der Waals surface area contributed by atoms with E-state index in [-0.39, 0.29) is 12.2 Å². The predicted octanol–water partition coefficient (Wildman–Crippen LogP) is 2.00. The Morgan fingerprint density at radius 2 is 1.94 bits per heavy atom. The molecule has 0 amide bonds. The van der Waals surface area contributed by atoms with Crippen molar-refractivity contribution in [1.29, 1.82) is 0 Å². The van der Waals surface area contributed by atoms with Gasteiger partial charge >= 0.3 is 5.97 Å². The number of carbonyl (C=O) groups is 1. The second-order valence-electron chi connectivity index (χ2n) is 4.26. The maximum Gasteiger partial charge on any atom is 0.306 e. The van der Waals surface area contributed by atoms with Gasteiger partial charge in [-0.25, -0.2) is 0 Å². The van der Waals surface area contributed by atoms with Gasteiger partial charge in [0.25, 0.3) is 0 Å². The Morgan fingerprint density at radius 3 is 2.47 bits per heavy atom. The summed E-state index contributed by atoms with van der Waals surface area (Å²) in [6, 6.07) is 7.72. The van der Waals surface area contributed by atoms with E-state index in [0.29, 0.717) is 19.6 Å². The quantitative estimate of drug-likeness (QED) is 0.868. The van der Waals surface area contributed by atoms with Crippen LogP contribution in [-0.4, -0.2) is 24.3 Å². The Labute approximate surface area is 100 Å². The fourth-order valence-electron chi connectivity index (χ4n) is 1.80. The van der Waals surface area contributed by atoms with Crippen molar-refractivity contribution in [2.24, 2.45) is 5.92 Å². The van der Waals surface area contributed by atoms with Gasteiger partial charge in [-0.3, -0.25) is 4.79 Å². The van der Waals surface area contributed by atoms with Gasteiger partial charge in [-0.1, -0.05) is 31.2 Å². The largest absolute Gasteiger partial charge is 0.481 e. The highest BCUT2D eigenvalue weighted by Crippen LogP contribution is 2.23. The van der Waals surface area contributed by atoms with Crippen LogP contribution >= 0.6 is 0 Å². The minimum absolute atomic E-state index is 0.263. The van der Waals surface area contributed by atoms with Crippen LogP contribution < -0.4 is 0 Å². The zero-order valence-corrected chi connectivity index (χ0v) is 9.76. The van der Waals surface area contributed by atoms with Crippen LogP contribution in [0.5, 0.6) is 0 Å². The topological polar surface area (TPSA) is 55.8 Å². The van der Waals surface area contributed by atoms with Gasteiger partial charge in [0.2, 0.25) is 0 Å². The smallest absolute Gasteiger partial charge is 0.306 e. The number of ether oxygens (including phenoxy) is 2. The highest BCUT2D eigenvalue weighted by atomic mass is 16.7. The molecule has 17 heavy (non-hydrogen) atoms. The molecule has 0 bridgehead atoms. The molecule has 4 heteroatoms. The third kappa shape index (κ3) is 3.05. The lowest BCUT2D eigenvalue weighted by molar-refractivity contribution is -0.141. The molecule has 1 aliphatic heterocycles. The van der Waals surface area contributed by atoms with Crippen LogP contribution in [0.15, 0.2) is 24.3 Å². The van der Waals surface area contributed by atoms with Gasteiger partial charge in [0.1, 0.15) is 0 Å². The Morgan fingerprint density at radius 1 is 1.35 bits per heavy atom. The zero-order chi connectivity index (χ0) is 12.3. The predicted molar refractivity (Wildman–Crippen MR) is 61.6 cm³/mol. The minimum atomic E-state index is -0.767. The highest BCUT2D eigenvalue weighted by molar-refractivity contribution is 5.69. The lowest BCUT2D eigenvalue weighted by Gasteiger charge is -2.11. The summed E-state index contributed by atoms with van der Waals surface area (Å²) >= 11 is 0. The third-order valence-corrected chi connectivity index (χ3v) is 2.84. The van der Waals surface area contributed by atoms with Gasteiger partial charge in [-0.2, -0.15) is 0 Å². The SMILES string of the molecule is CC(Cc1ccc(C2OCCO2)cc1)C(=O)O. The zero-order valence-electron chi connectivity index (χ0n) is 9.76. The summed E-state index contributed by atoms with van der Waals surface area (Å²) in [7, 11) is 0. The van der Waals surface area contributed by atoms with E-state index in [1.165, 1.54) is 0 Å². The summed E-state index contributed by atoms with van der Waals surface area (Å²) in [5.74, 6) is -1.13. The van der Waals surface area contributed by atoms with Crippen LogP contribution in [0.4, 0.5) is 0 Å². The Kier molecular flexibility index (Phi) is 3.76. The Bertz CT molecular complexity index is 379. The van der Waals surface area contributed by atoms with Crippen molar-refractivity contribution in [2.45, 2.75) is 19.6 Å². The third-order valence-electron chi connectivity index (χ3n) is 2.84. The van der Waals surface area contributed by atoms with Crippen molar-refractivity contribution >= 4 is 5.97 Å². The number of hydrogen-bond donors (Lipinski definition) is 1. The second-order valence-corrected chi connectivity index (χ2v) is 4.26. The first kappa shape index (κ1) is 12.1. The summed E-state index contributed by atoms with van der Waals surface area (Å²) in [5, 5.41) is 8.83. The van der Waals surface area contributed by atoms with E-state index in [9.17, 15) is 4.79 Å². The van der Waals surface area contributed by atoms with Crippen LogP contribution in [-0.2, 0) is 20.7 Å². The second kappa shape index (κ2) is 5.29. The van der Waals surface area contributed by atoms with Crippen molar-refractivity contribution in [3.05, 3.63) is 35.4 Å². The van der Waals surface area contributed by atoms with E-state index in [2.05, 4.69) is 0 Å². The average Bonchev–Trinajstić information content (AvgIpc) is 2.83. The van der Waals surface area contributed by atoms with E-state index in [1.54, 1.807) is 6.92 Å². The van der Waals surface area contributed by atoms with Crippen molar-refractivity contribution in [3.63, 3.8) is 0 Å². The molecule has 1 aromatic rings. The molecular formula is C13H16O4. The molecule has 1 heterocycles. The van der Waals surface area contributed by atoms with Crippen molar-refractivity contribution in [2.75, 3.05) is 13.2 Å². The standard InChI is InChI=1S/C13H16O4/c1-9(12(14)15)8-10-2-4-11(5-3-10)13-16-6-7-17-13/h2-5,9,13H,6-8H2,1H3,(H,14,15). The van der Waals surface area contributed by atoms with Crippen molar-refractivity contribution in [1.82, 2.24) is 0 Å². The van der Waals surface area contributed by atoms with Crippen LogP contribution in [0.3, 0.4) is 0 Å². The lowest BCUT2D eigenvalue weighted by atomic mass is 10.0. The number of hydrogen-bond acceptors (Lipinski definition) is 3. The summed E-state index contributed by atoms with van der Waals surface area (Å²) in [6.07, 6.45) is 0.281. The first-order valence-corrected chi connectivity index (χ1v) is 5.71. The normalized spacial score (nSPS) is 18.2. The first-order chi connectivity index (χ1) is 8.16. The van der Waals surface area contributed by atoms with E-state index in [1.807, 2.05) is 24.3 Å². The molecule has 92 valence electrons. The van der Waals surface area contributed by atoms with Crippen molar-refractivity contribution in [3.8, 4) is 0 Å². The number of benzene rings is 1. The van der Waals surface area contributed by atoms with Gasteiger partial charge in [-0.05, 0) is 12.0 Å². The average molecular weight is 236 g/mol. The van der Waals surface area contributed by atoms with Crippen LogP contribution in [0.25, 0.3) is 0 Å². The molecule has 1 fully saturated rings. The fraction of sp³-hybridized carbons (Fsp3) is 0.462. The number of carboxylic acid groups (broad SMARTS) is 1. The summed E-state index contributed by atoms with van der Waals surface area (Å²) in [4.78, 5) is 10.7. The number of carboxylic acids is 1. The minimum Gasteiger partial charge on any atom is -0.481 e. The van der Waals surface area contributed by atoms with Gasteiger partial charge < -0.3 is 14.6 Å². The molecule has 0 aliphatic carbocycles. The lowest BCUT2D eigenvalue weighted by Crippen LogP contribution is -2.12. The Balaban J connectivity index is 2.00. The molecule has 1 N–H and O–H groups in total. The fourth-order valence-corrected chi connectivity index (χ4v) is 1.80. The Hall–Kier alpha value is -1.39. The first-order valence-electron chi connectivity index (χ1n) is 5.71. The number of aliphatic carboxylic acids is 1. The summed E-state index contributed by atoms with van der Waals surface area (Å²) < 4.78 is 10.8. The van der Waals surface area contributed by atoms with Gasteiger partial charge in [0, 0.05) is 5.56 Å². The van der Waals surface area contributed by atoms with Crippen LogP contribution in [0, 0.1) is 5.92 Å². The molecule has 0 radical (unpaired) electrons. The molecule has 1 unspecified atom stereocenters. The molecule has 4 nitrogen and oxygen atoms in total. The maximum absolute atomic E-state index is 10.7. The molecule has 1 saturated heterocycles. The molecule has 1 aromatic carbocycles. The van der Waals surface area contributed by atoms with Crippen LogP contribution in [0.1, 0.15) is 24.3 Å². The molecule has 1 aliphatic rings.